The van der Waals surface area contributed by atoms with E-state index in [4.69, 9.17) is 4.74 Å². The van der Waals surface area contributed by atoms with Gasteiger partial charge >= 0.3 is 0 Å². The van der Waals surface area contributed by atoms with Crippen molar-refractivity contribution in [2.45, 2.75) is 24.8 Å². The predicted molar refractivity (Wildman–Crippen MR) is 120 cm³/mol. The zero-order valence-corrected chi connectivity index (χ0v) is 19.3. The molecule has 3 rings (SSSR count). The fourth-order valence-electron chi connectivity index (χ4n) is 3.77. The van der Waals surface area contributed by atoms with E-state index in [0.29, 0.717) is 45.0 Å². The number of carbonyl (C=O) groups excluding carboxylic acids is 1. The average molecular weight is 464 g/mol. The minimum Gasteiger partial charge on any atom is -0.379 e. The largest absolute Gasteiger partial charge is 0.379 e. The molecule has 0 saturated carbocycles. The molecule has 2 aromatic rings. The Bertz CT molecular complexity index is 987. The Balaban J connectivity index is 1.74. The maximum absolute atomic E-state index is 13.4. The van der Waals surface area contributed by atoms with Gasteiger partial charge in [-0.15, -0.1) is 0 Å². The molecule has 0 bridgehead atoms. The molecule has 1 saturated heterocycles. The van der Waals surface area contributed by atoms with Gasteiger partial charge in [0.2, 0.25) is 10.0 Å². The van der Waals surface area contributed by atoms with Crippen LogP contribution in [0.25, 0.3) is 0 Å². The first-order valence-corrected chi connectivity index (χ1v) is 12.3. The molecule has 2 aromatic carbocycles. The summed E-state index contributed by atoms with van der Waals surface area (Å²) in [7, 11) is -3.79. The normalized spacial score (nSPS) is 16.0. The molecular formula is C23H30FN3O4S. The number of halogens is 1. The third-order valence-electron chi connectivity index (χ3n) is 5.67. The first-order chi connectivity index (χ1) is 15.4. The van der Waals surface area contributed by atoms with Crippen molar-refractivity contribution in [3.05, 3.63) is 65.5 Å². The van der Waals surface area contributed by atoms with Crippen LogP contribution in [0.5, 0.6) is 0 Å². The Kier molecular flexibility index (Phi) is 8.36. The first-order valence-electron chi connectivity index (χ1n) is 10.8. The number of amides is 1. The van der Waals surface area contributed by atoms with Crippen LogP contribution in [0.4, 0.5) is 4.39 Å². The summed E-state index contributed by atoms with van der Waals surface area (Å²) in [5.74, 6) is -0.468. The van der Waals surface area contributed by atoms with Gasteiger partial charge in [-0.3, -0.25) is 9.69 Å². The van der Waals surface area contributed by atoms with Crippen molar-refractivity contribution < 1.29 is 22.3 Å². The van der Waals surface area contributed by atoms with E-state index < -0.39 is 10.0 Å². The zero-order valence-electron chi connectivity index (χ0n) is 18.5. The van der Waals surface area contributed by atoms with E-state index >= 15 is 0 Å². The number of nitrogens with one attached hydrogen (secondary N) is 1. The predicted octanol–water partition coefficient (Wildman–Crippen LogP) is 2.66. The third kappa shape index (κ3) is 5.92. The molecule has 0 radical (unpaired) electrons. The van der Waals surface area contributed by atoms with Crippen molar-refractivity contribution >= 4 is 15.9 Å². The van der Waals surface area contributed by atoms with Crippen molar-refractivity contribution in [1.82, 2.24) is 14.5 Å². The van der Waals surface area contributed by atoms with Crippen LogP contribution in [0.1, 0.15) is 35.8 Å². The van der Waals surface area contributed by atoms with Crippen LogP contribution < -0.4 is 4.72 Å². The highest BCUT2D eigenvalue weighted by Crippen LogP contribution is 2.23. The summed E-state index contributed by atoms with van der Waals surface area (Å²) in [6.07, 6.45) is 0. The van der Waals surface area contributed by atoms with Gasteiger partial charge in [-0.2, -0.15) is 0 Å². The second-order valence-corrected chi connectivity index (χ2v) is 9.34. The monoisotopic (exact) mass is 463 g/mol. The Labute approximate surface area is 189 Å². The summed E-state index contributed by atoms with van der Waals surface area (Å²) in [6.45, 7) is 7.55. The van der Waals surface area contributed by atoms with E-state index in [1.54, 1.807) is 17.0 Å². The molecule has 1 atom stereocenters. The van der Waals surface area contributed by atoms with Gasteiger partial charge in [-0.05, 0) is 55.8 Å². The molecule has 7 nitrogen and oxygen atoms in total. The summed E-state index contributed by atoms with van der Waals surface area (Å²) < 4.78 is 47.3. The molecule has 9 heteroatoms. The fraction of sp³-hybridized carbons (Fsp3) is 0.435. The minimum absolute atomic E-state index is 0.0911. The van der Waals surface area contributed by atoms with Gasteiger partial charge in [0.25, 0.3) is 5.91 Å². The number of hydrogen-bond donors (Lipinski definition) is 1. The molecule has 1 unspecified atom stereocenters. The summed E-state index contributed by atoms with van der Waals surface area (Å²) >= 11 is 0. The number of benzene rings is 2. The Morgan fingerprint density at radius 1 is 1.06 bits per heavy atom. The van der Waals surface area contributed by atoms with Gasteiger partial charge in [-0.1, -0.05) is 12.1 Å². The standard InChI is InChI=1S/C23H30FN3O4S/c1-3-26(4-2)23(28)19-7-11-21(12-8-19)32(29,30)25-17-22(27-13-15-31-16-14-27)18-5-9-20(24)10-6-18/h5-12,22,25H,3-4,13-17H2,1-2H3. The van der Waals surface area contributed by atoms with Crippen LogP contribution in [0.3, 0.4) is 0 Å². The quantitative estimate of drug-likeness (QED) is 0.619. The lowest BCUT2D eigenvalue weighted by molar-refractivity contribution is 0.0172. The van der Waals surface area contributed by atoms with Gasteiger partial charge in [-0.25, -0.2) is 17.5 Å². The second kappa shape index (κ2) is 11.0. The number of hydrogen-bond acceptors (Lipinski definition) is 5. The molecule has 32 heavy (non-hydrogen) atoms. The van der Waals surface area contributed by atoms with Crippen molar-refractivity contribution in [1.29, 1.82) is 0 Å². The highest BCUT2D eigenvalue weighted by molar-refractivity contribution is 7.89. The third-order valence-corrected chi connectivity index (χ3v) is 7.11. The van der Waals surface area contributed by atoms with Crippen molar-refractivity contribution in [2.24, 2.45) is 0 Å². The maximum atomic E-state index is 13.4. The van der Waals surface area contributed by atoms with Crippen molar-refractivity contribution in [3.8, 4) is 0 Å². The molecule has 1 amide bonds. The van der Waals surface area contributed by atoms with Crippen LogP contribution in [0, 0.1) is 5.82 Å². The molecular weight excluding hydrogens is 433 g/mol. The Hall–Kier alpha value is -2.33. The van der Waals surface area contributed by atoms with Crippen LogP contribution in [-0.4, -0.2) is 70.1 Å². The lowest BCUT2D eigenvalue weighted by Gasteiger charge is -2.34. The van der Waals surface area contributed by atoms with Crippen molar-refractivity contribution in [2.75, 3.05) is 45.9 Å². The Morgan fingerprint density at radius 2 is 1.66 bits per heavy atom. The number of sulfonamides is 1. The van der Waals surface area contributed by atoms with E-state index in [1.807, 2.05) is 13.8 Å². The molecule has 1 N–H and O–H groups in total. The summed E-state index contributed by atoms with van der Waals surface area (Å²) in [4.78, 5) is 16.4. The summed E-state index contributed by atoms with van der Waals surface area (Å²) in [5.41, 5.74) is 1.28. The number of rotatable bonds is 9. The number of ether oxygens (including phenoxy) is 1. The lowest BCUT2D eigenvalue weighted by atomic mass is 10.0. The smallest absolute Gasteiger partial charge is 0.253 e. The van der Waals surface area contributed by atoms with Gasteiger partial charge < -0.3 is 9.64 Å². The van der Waals surface area contributed by atoms with Crippen LogP contribution >= 0.6 is 0 Å². The highest BCUT2D eigenvalue weighted by Gasteiger charge is 2.25. The maximum Gasteiger partial charge on any atom is 0.253 e. The van der Waals surface area contributed by atoms with Crippen LogP contribution in [0.2, 0.25) is 0 Å². The second-order valence-electron chi connectivity index (χ2n) is 7.57. The SMILES string of the molecule is CCN(CC)C(=O)c1ccc(S(=O)(=O)NCC(c2ccc(F)cc2)N2CCOCC2)cc1. The zero-order chi connectivity index (χ0) is 23.1. The van der Waals surface area contributed by atoms with Gasteiger partial charge in [0.15, 0.2) is 0 Å². The molecule has 0 spiro atoms. The van der Waals surface area contributed by atoms with E-state index in [1.165, 1.54) is 36.4 Å². The van der Waals surface area contributed by atoms with Crippen LogP contribution in [-0.2, 0) is 14.8 Å². The first kappa shape index (κ1) is 24.3. The molecule has 1 aliphatic heterocycles. The van der Waals surface area contributed by atoms with E-state index in [9.17, 15) is 17.6 Å². The molecule has 1 heterocycles. The van der Waals surface area contributed by atoms with Gasteiger partial charge in [0.1, 0.15) is 5.82 Å². The molecule has 1 fully saturated rings. The van der Waals surface area contributed by atoms with E-state index in [2.05, 4.69) is 9.62 Å². The Morgan fingerprint density at radius 3 is 2.22 bits per heavy atom. The molecule has 0 aliphatic carbocycles. The van der Waals surface area contributed by atoms with Gasteiger partial charge in [0.05, 0.1) is 18.1 Å². The van der Waals surface area contributed by atoms with Gasteiger partial charge in [0, 0.05) is 44.3 Å². The fourth-order valence-corrected chi connectivity index (χ4v) is 4.81. The molecule has 1 aliphatic rings. The highest BCUT2D eigenvalue weighted by atomic mass is 32.2. The van der Waals surface area contributed by atoms with Crippen LogP contribution in [0.15, 0.2) is 53.4 Å². The average Bonchev–Trinajstić information content (AvgIpc) is 2.82. The molecule has 0 aromatic heterocycles. The number of nitrogens with zero attached hydrogens (tertiary/aromatic N) is 2. The van der Waals surface area contributed by atoms with E-state index in [0.717, 1.165) is 5.56 Å². The number of carbonyl (C=O) groups is 1. The molecule has 174 valence electrons. The summed E-state index contributed by atoms with van der Waals surface area (Å²) in [5, 5.41) is 0. The minimum atomic E-state index is -3.79. The number of morpholine rings is 1. The summed E-state index contributed by atoms with van der Waals surface area (Å²) in [6, 6.07) is 11.8. The van der Waals surface area contributed by atoms with Crippen molar-refractivity contribution in [3.63, 3.8) is 0 Å². The van der Waals surface area contributed by atoms with E-state index in [-0.39, 0.29) is 29.2 Å². The topological polar surface area (TPSA) is 79.0 Å². The lowest BCUT2D eigenvalue weighted by Crippen LogP contribution is -2.43.